The van der Waals surface area contributed by atoms with E-state index >= 15 is 0 Å². The lowest BCUT2D eigenvalue weighted by atomic mass is 9.87. The molecule has 2 aromatic heterocycles. The second kappa shape index (κ2) is 10.8. The average Bonchev–Trinajstić information content (AvgIpc) is 3.46. The Bertz CT molecular complexity index is 2770. The zero-order chi connectivity index (χ0) is 33.3. The topological polar surface area (TPSA) is 41.6 Å². The van der Waals surface area contributed by atoms with Gasteiger partial charge in [-0.2, -0.15) is 18.4 Å². The molecule has 0 amide bonds. The Morgan fingerprint density at radius 3 is 1.80 bits per heavy atom. The van der Waals surface area contributed by atoms with Gasteiger partial charge in [0, 0.05) is 27.4 Å². The normalized spacial score (nSPS) is 12.0. The largest absolute Gasteiger partial charge is 0.416 e. The van der Waals surface area contributed by atoms with Crippen molar-refractivity contribution in [2.45, 2.75) is 6.18 Å². The first-order chi connectivity index (χ1) is 23.9. The molecule has 0 radical (unpaired) electrons. The molecule has 0 aliphatic carbocycles. The molecule has 0 saturated carbocycles. The van der Waals surface area contributed by atoms with Gasteiger partial charge >= 0.3 is 6.18 Å². The van der Waals surface area contributed by atoms with E-state index in [-0.39, 0.29) is 0 Å². The first-order valence-electron chi connectivity index (χ1n) is 15.8. The fraction of sp³-hybridized carbons (Fsp3) is 0.0233. The Kier molecular flexibility index (Phi) is 6.33. The van der Waals surface area contributed by atoms with Crippen LogP contribution in [0.3, 0.4) is 0 Å². The molecule has 232 valence electrons. The van der Waals surface area contributed by atoms with E-state index in [2.05, 4.69) is 72.8 Å². The molecule has 0 aliphatic heterocycles. The van der Waals surface area contributed by atoms with Crippen molar-refractivity contribution in [2.75, 3.05) is 0 Å². The summed E-state index contributed by atoms with van der Waals surface area (Å²) in [6, 6.07) is 48.2. The van der Waals surface area contributed by atoms with E-state index in [1.165, 1.54) is 12.1 Å². The highest BCUT2D eigenvalue weighted by Crippen LogP contribution is 2.45. The van der Waals surface area contributed by atoms with E-state index in [9.17, 15) is 18.4 Å². The lowest BCUT2D eigenvalue weighted by Gasteiger charge is -2.17. The molecule has 3 nitrogen and oxygen atoms in total. The highest BCUT2D eigenvalue weighted by molar-refractivity contribution is 6.22. The fourth-order valence-corrected chi connectivity index (χ4v) is 7.25. The molecule has 0 fully saturated rings. The Balaban J connectivity index is 1.32. The molecular weight excluding hydrogens is 615 g/mol. The summed E-state index contributed by atoms with van der Waals surface area (Å²) in [5.74, 6) is 0. The van der Waals surface area contributed by atoms with Crippen molar-refractivity contribution in [2.24, 2.45) is 0 Å². The molecular formula is C43H24F3N3. The average molecular weight is 640 g/mol. The van der Waals surface area contributed by atoms with Crippen molar-refractivity contribution in [1.82, 2.24) is 9.55 Å². The number of nitrogens with zero attached hydrogens (tertiary/aromatic N) is 3. The number of rotatable bonds is 3. The number of alkyl halides is 3. The summed E-state index contributed by atoms with van der Waals surface area (Å²) < 4.78 is 42.2. The van der Waals surface area contributed by atoms with Crippen molar-refractivity contribution >= 4 is 54.3 Å². The van der Waals surface area contributed by atoms with Gasteiger partial charge in [0.1, 0.15) is 0 Å². The van der Waals surface area contributed by atoms with Gasteiger partial charge in [-0.25, -0.2) is 4.98 Å². The van der Waals surface area contributed by atoms with E-state index < -0.39 is 11.7 Å². The molecule has 0 spiro atoms. The second-order valence-electron chi connectivity index (χ2n) is 12.2. The van der Waals surface area contributed by atoms with Crippen LogP contribution in [0.25, 0.3) is 82.3 Å². The summed E-state index contributed by atoms with van der Waals surface area (Å²) in [6.45, 7) is 0. The van der Waals surface area contributed by atoms with Crippen LogP contribution in [0.1, 0.15) is 11.1 Å². The number of hydrogen-bond acceptors (Lipinski definition) is 2. The summed E-state index contributed by atoms with van der Waals surface area (Å²) in [6.07, 6.45) is -4.43. The summed E-state index contributed by atoms with van der Waals surface area (Å²) in [7, 11) is 0. The van der Waals surface area contributed by atoms with Crippen LogP contribution in [0, 0.1) is 11.3 Å². The monoisotopic (exact) mass is 639 g/mol. The molecule has 6 heteroatoms. The Morgan fingerprint density at radius 2 is 1.14 bits per heavy atom. The van der Waals surface area contributed by atoms with Crippen molar-refractivity contribution in [3.05, 3.63) is 157 Å². The van der Waals surface area contributed by atoms with E-state index in [1.54, 1.807) is 6.07 Å². The number of hydrogen-bond donors (Lipinski definition) is 0. The minimum absolute atomic E-state index is 0.507. The van der Waals surface area contributed by atoms with Crippen LogP contribution >= 0.6 is 0 Å². The molecule has 0 bridgehead atoms. The zero-order valence-electron chi connectivity index (χ0n) is 25.8. The number of halogens is 3. The summed E-state index contributed by atoms with van der Waals surface area (Å²) in [5, 5.41) is 16.9. The fourth-order valence-electron chi connectivity index (χ4n) is 7.25. The third-order valence-corrected chi connectivity index (χ3v) is 9.42. The maximum atomic E-state index is 13.4. The van der Waals surface area contributed by atoms with Gasteiger partial charge in [-0.05, 0) is 99.4 Å². The van der Waals surface area contributed by atoms with E-state index in [0.717, 1.165) is 88.8 Å². The molecule has 0 N–H and O–H groups in total. The predicted octanol–water partition coefficient (Wildman–Crippen LogP) is 11.9. The van der Waals surface area contributed by atoms with Crippen LogP contribution in [0.4, 0.5) is 13.2 Å². The third kappa shape index (κ3) is 4.55. The van der Waals surface area contributed by atoms with Crippen molar-refractivity contribution in [3.63, 3.8) is 0 Å². The van der Waals surface area contributed by atoms with E-state index in [4.69, 9.17) is 4.98 Å². The molecule has 7 aromatic carbocycles. The van der Waals surface area contributed by atoms with Crippen LogP contribution in [-0.4, -0.2) is 9.55 Å². The van der Waals surface area contributed by atoms with Crippen LogP contribution in [0.15, 0.2) is 146 Å². The first kappa shape index (κ1) is 28.7. The Labute approximate surface area is 278 Å². The summed E-state index contributed by atoms with van der Waals surface area (Å²) in [4.78, 5) is 5.10. The second-order valence-corrected chi connectivity index (χ2v) is 12.2. The minimum Gasteiger partial charge on any atom is -0.309 e. The highest BCUT2D eigenvalue weighted by atomic mass is 19.4. The Hall–Kier alpha value is -6.45. The molecule has 0 aliphatic rings. The van der Waals surface area contributed by atoms with Crippen LogP contribution in [0.2, 0.25) is 0 Å². The lowest BCUT2D eigenvalue weighted by Crippen LogP contribution is -2.05. The summed E-state index contributed by atoms with van der Waals surface area (Å²) >= 11 is 0. The maximum absolute atomic E-state index is 13.4. The smallest absolute Gasteiger partial charge is 0.309 e. The van der Waals surface area contributed by atoms with E-state index in [0.29, 0.717) is 11.3 Å². The quantitative estimate of drug-likeness (QED) is 0.181. The van der Waals surface area contributed by atoms with Crippen LogP contribution < -0.4 is 0 Å². The molecule has 49 heavy (non-hydrogen) atoms. The number of fused-ring (bicyclic) bond motifs is 6. The molecule has 9 aromatic rings. The zero-order valence-corrected chi connectivity index (χ0v) is 25.8. The summed E-state index contributed by atoms with van der Waals surface area (Å²) in [5.41, 5.74) is 7.02. The van der Waals surface area contributed by atoms with Gasteiger partial charge in [-0.1, -0.05) is 78.9 Å². The van der Waals surface area contributed by atoms with Crippen molar-refractivity contribution < 1.29 is 13.2 Å². The van der Waals surface area contributed by atoms with Gasteiger partial charge in [0.25, 0.3) is 0 Å². The maximum Gasteiger partial charge on any atom is 0.416 e. The number of benzene rings is 7. The predicted molar refractivity (Wildman–Crippen MR) is 192 cm³/mol. The minimum atomic E-state index is -4.43. The first-order valence-corrected chi connectivity index (χ1v) is 15.8. The molecule has 0 unspecified atom stereocenters. The van der Waals surface area contributed by atoms with Gasteiger partial charge in [0.05, 0.1) is 39.4 Å². The standard InChI is InChI=1S/C43H24F3N3/c44-43(45,46)29-16-18-30(19-17-29)49-39-21-13-26(25-47)23-35(39)36-24-28(15-22-40(36)49)41-31-8-2-4-10-33(31)42(34-11-5-3-9-32(34)41)38-20-14-27-7-1-6-12-37(27)48-38/h1-24H. The number of pyridine rings is 1. The van der Waals surface area contributed by atoms with Gasteiger partial charge in [-0.3, -0.25) is 0 Å². The van der Waals surface area contributed by atoms with Crippen LogP contribution in [0.5, 0.6) is 0 Å². The van der Waals surface area contributed by atoms with Crippen molar-refractivity contribution in [3.8, 4) is 34.1 Å². The molecule has 9 rings (SSSR count). The van der Waals surface area contributed by atoms with Gasteiger partial charge in [0.2, 0.25) is 0 Å². The van der Waals surface area contributed by atoms with Gasteiger partial charge < -0.3 is 4.57 Å². The SMILES string of the molecule is N#Cc1ccc2c(c1)c1cc(-c3c4ccccc4c(-c4ccc5ccccc5n4)c4ccccc34)ccc1n2-c1ccc(C(F)(F)F)cc1. The molecule has 0 saturated heterocycles. The highest BCUT2D eigenvalue weighted by Gasteiger charge is 2.30. The number of para-hydroxylation sites is 1. The van der Waals surface area contributed by atoms with Gasteiger partial charge in [-0.15, -0.1) is 0 Å². The van der Waals surface area contributed by atoms with Gasteiger partial charge in [0.15, 0.2) is 0 Å². The van der Waals surface area contributed by atoms with E-state index in [1.807, 2.05) is 53.1 Å². The van der Waals surface area contributed by atoms with Crippen LogP contribution in [-0.2, 0) is 6.18 Å². The number of nitriles is 1. The lowest BCUT2D eigenvalue weighted by molar-refractivity contribution is -0.137. The number of aromatic nitrogens is 2. The molecule has 2 heterocycles. The third-order valence-electron chi connectivity index (χ3n) is 9.42. The molecule has 0 atom stereocenters. The van der Waals surface area contributed by atoms with Crippen molar-refractivity contribution in [1.29, 1.82) is 5.26 Å². The Morgan fingerprint density at radius 1 is 0.551 bits per heavy atom.